The van der Waals surface area contributed by atoms with Crippen molar-refractivity contribution in [2.75, 3.05) is 31.7 Å². The lowest BCUT2D eigenvalue weighted by Crippen LogP contribution is -2.14. The molecular formula is C15H25N3O2. The average molecular weight is 279 g/mol. The summed E-state index contributed by atoms with van der Waals surface area (Å²) in [6.07, 6.45) is 2.14. The van der Waals surface area contributed by atoms with Crippen LogP contribution in [0.1, 0.15) is 45.4 Å². The highest BCUT2D eigenvalue weighted by Crippen LogP contribution is 2.20. The van der Waals surface area contributed by atoms with Crippen molar-refractivity contribution in [3.63, 3.8) is 0 Å². The van der Waals surface area contributed by atoms with E-state index >= 15 is 0 Å². The van der Waals surface area contributed by atoms with Gasteiger partial charge in [0.05, 0.1) is 13.2 Å². The molecule has 20 heavy (non-hydrogen) atoms. The molecule has 1 aliphatic rings. The molecular weight excluding hydrogens is 254 g/mol. The molecule has 0 amide bonds. The molecule has 0 aliphatic carbocycles. The van der Waals surface area contributed by atoms with Crippen LogP contribution in [-0.2, 0) is 4.74 Å². The van der Waals surface area contributed by atoms with Crippen molar-refractivity contribution in [3.05, 3.63) is 11.9 Å². The van der Waals surface area contributed by atoms with Crippen LogP contribution in [0, 0.1) is 5.92 Å². The summed E-state index contributed by atoms with van der Waals surface area (Å²) in [5.74, 6) is 3.11. The number of rotatable bonds is 7. The third kappa shape index (κ3) is 4.34. The SMILES string of the molecule is CCCNc1cc(OCC2CCOC2)nc(C(C)C)n1. The Labute approximate surface area is 121 Å². The molecule has 0 bridgehead atoms. The van der Waals surface area contributed by atoms with Crippen molar-refractivity contribution in [3.8, 4) is 5.88 Å². The molecule has 2 rings (SSSR count). The van der Waals surface area contributed by atoms with Crippen LogP contribution in [0.25, 0.3) is 0 Å². The quantitative estimate of drug-likeness (QED) is 0.831. The van der Waals surface area contributed by atoms with E-state index in [1.165, 1.54) is 0 Å². The Balaban J connectivity index is 2.02. The van der Waals surface area contributed by atoms with Gasteiger partial charge in [-0.25, -0.2) is 4.98 Å². The largest absolute Gasteiger partial charge is 0.477 e. The molecule has 1 N–H and O–H groups in total. The summed E-state index contributed by atoms with van der Waals surface area (Å²) in [4.78, 5) is 9.01. The third-order valence-corrected chi connectivity index (χ3v) is 3.28. The fraction of sp³-hybridized carbons (Fsp3) is 0.733. The summed E-state index contributed by atoms with van der Waals surface area (Å²) in [6.45, 7) is 9.53. The Hall–Kier alpha value is -1.36. The highest BCUT2D eigenvalue weighted by molar-refractivity contribution is 5.38. The summed E-state index contributed by atoms with van der Waals surface area (Å²) >= 11 is 0. The van der Waals surface area contributed by atoms with Crippen molar-refractivity contribution in [1.29, 1.82) is 0 Å². The maximum atomic E-state index is 5.83. The van der Waals surface area contributed by atoms with E-state index in [9.17, 15) is 0 Å². The zero-order valence-electron chi connectivity index (χ0n) is 12.7. The van der Waals surface area contributed by atoms with Gasteiger partial charge >= 0.3 is 0 Å². The smallest absolute Gasteiger partial charge is 0.218 e. The minimum Gasteiger partial charge on any atom is -0.477 e. The van der Waals surface area contributed by atoms with Gasteiger partial charge in [0.25, 0.3) is 0 Å². The summed E-state index contributed by atoms with van der Waals surface area (Å²) in [5.41, 5.74) is 0. The molecule has 0 spiro atoms. The summed E-state index contributed by atoms with van der Waals surface area (Å²) in [5, 5.41) is 3.30. The first-order valence-corrected chi connectivity index (χ1v) is 7.52. The van der Waals surface area contributed by atoms with Gasteiger partial charge in [-0.05, 0) is 12.8 Å². The van der Waals surface area contributed by atoms with Crippen LogP contribution >= 0.6 is 0 Å². The number of aromatic nitrogens is 2. The highest BCUT2D eigenvalue weighted by atomic mass is 16.5. The summed E-state index contributed by atoms with van der Waals surface area (Å²) in [7, 11) is 0. The minimum atomic E-state index is 0.288. The Morgan fingerprint density at radius 2 is 2.30 bits per heavy atom. The van der Waals surface area contributed by atoms with Gasteiger partial charge < -0.3 is 14.8 Å². The minimum absolute atomic E-state index is 0.288. The molecule has 0 radical (unpaired) electrons. The molecule has 1 aliphatic heterocycles. The summed E-state index contributed by atoms with van der Waals surface area (Å²) in [6, 6.07) is 1.89. The van der Waals surface area contributed by atoms with E-state index in [0.29, 0.717) is 18.4 Å². The molecule has 112 valence electrons. The second-order valence-electron chi connectivity index (χ2n) is 5.57. The molecule has 2 heterocycles. The molecule has 1 atom stereocenters. The molecule has 0 aromatic carbocycles. The third-order valence-electron chi connectivity index (χ3n) is 3.28. The number of nitrogens with zero attached hydrogens (tertiary/aromatic N) is 2. The Bertz CT molecular complexity index is 418. The Morgan fingerprint density at radius 1 is 1.45 bits per heavy atom. The van der Waals surface area contributed by atoms with Gasteiger partial charge in [0.1, 0.15) is 11.6 Å². The van der Waals surface area contributed by atoms with Crippen molar-refractivity contribution in [2.24, 2.45) is 5.92 Å². The maximum Gasteiger partial charge on any atom is 0.218 e. The highest BCUT2D eigenvalue weighted by Gasteiger charge is 2.17. The topological polar surface area (TPSA) is 56.3 Å². The molecule has 1 aromatic heterocycles. The lowest BCUT2D eigenvalue weighted by atomic mass is 10.1. The van der Waals surface area contributed by atoms with Crippen LogP contribution in [-0.4, -0.2) is 36.3 Å². The fourth-order valence-corrected chi connectivity index (χ4v) is 2.04. The van der Waals surface area contributed by atoms with Gasteiger partial charge in [-0.1, -0.05) is 20.8 Å². The lowest BCUT2D eigenvalue weighted by molar-refractivity contribution is 0.165. The van der Waals surface area contributed by atoms with Gasteiger partial charge in [-0.15, -0.1) is 0 Å². The molecule has 5 nitrogen and oxygen atoms in total. The number of anilines is 1. The molecule has 1 saturated heterocycles. The van der Waals surface area contributed by atoms with E-state index in [1.54, 1.807) is 0 Å². The zero-order chi connectivity index (χ0) is 14.4. The van der Waals surface area contributed by atoms with E-state index in [4.69, 9.17) is 9.47 Å². The standard InChI is InChI=1S/C15H25N3O2/c1-4-6-16-13-8-14(18-15(17-13)11(2)3)20-10-12-5-7-19-9-12/h8,11-12H,4-7,9-10H2,1-3H3,(H,16,17,18). The average Bonchev–Trinajstić information content (AvgIpc) is 2.96. The van der Waals surface area contributed by atoms with Gasteiger partial charge in [-0.2, -0.15) is 4.98 Å². The second kappa shape index (κ2) is 7.43. The second-order valence-corrected chi connectivity index (χ2v) is 5.57. The zero-order valence-corrected chi connectivity index (χ0v) is 12.7. The number of hydrogen-bond donors (Lipinski definition) is 1. The van der Waals surface area contributed by atoms with Gasteiger partial charge in [0.2, 0.25) is 5.88 Å². The molecule has 5 heteroatoms. The Kier molecular flexibility index (Phi) is 5.59. The van der Waals surface area contributed by atoms with Crippen molar-refractivity contribution in [2.45, 2.75) is 39.5 Å². The first kappa shape index (κ1) is 15.0. The van der Waals surface area contributed by atoms with Crippen LogP contribution in [0.15, 0.2) is 6.07 Å². The van der Waals surface area contributed by atoms with Gasteiger partial charge in [0, 0.05) is 31.1 Å². The van der Waals surface area contributed by atoms with Crippen LogP contribution in [0.3, 0.4) is 0 Å². The van der Waals surface area contributed by atoms with E-state index in [1.807, 2.05) is 6.07 Å². The van der Waals surface area contributed by atoms with E-state index in [2.05, 4.69) is 36.1 Å². The summed E-state index contributed by atoms with van der Waals surface area (Å²) < 4.78 is 11.2. The lowest BCUT2D eigenvalue weighted by Gasteiger charge is -2.13. The first-order valence-electron chi connectivity index (χ1n) is 7.52. The predicted octanol–water partition coefficient (Wildman–Crippen LogP) is 2.84. The van der Waals surface area contributed by atoms with E-state index in [0.717, 1.165) is 44.2 Å². The van der Waals surface area contributed by atoms with Crippen LogP contribution in [0.2, 0.25) is 0 Å². The van der Waals surface area contributed by atoms with Crippen LogP contribution in [0.5, 0.6) is 5.88 Å². The van der Waals surface area contributed by atoms with Crippen molar-refractivity contribution >= 4 is 5.82 Å². The normalized spacial score (nSPS) is 18.5. The van der Waals surface area contributed by atoms with E-state index < -0.39 is 0 Å². The molecule has 1 fully saturated rings. The Morgan fingerprint density at radius 3 is 2.95 bits per heavy atom. The van der Waals surface area contributed by atoms with E-state index in [-0.39, 0.29) is 5.92 Å². The number of nitrogens with one attached hydrogen (secondary N) is 1. The molecule has 1 unspecified atom stereocenters. The fourth-order valence-electron chi connectivity index (χ4n) is 2.04. The van der Waals surface area contributed by atoms with Gasteiger partial charge in [0.15, 0.2) is 0 Å². The first-order chi connectivity index (χ1) is 9.69. The maximum absolute atomic E-state index is 5.83. The molecule has 0 saturated carbocycles. The van der Waals surface area contributed by atoms with Gasteiger partial charge in [-0.3, -0.25) is 0 Å². The number of ether oxygens (including phenoxy) is 2. The van der Waals surface area contributed by atoms with Crippen molar-refractivity contribution in [1.82, 2.24) is 9.97 Å². The van der Waals surface area contributed by atoms with Crippen LogP contribution in [0.4, 0.5) is 5.82 Å². The monoisotopic (exact) mass is 279 g/mol. The number of hydrogen-bond acceptors (Lipinski definition) is 5. The van der Waals surface area contributed by atoms with Crippen LogP contribution < -0.4 is 10.1 Å². The predicted molar refractivity (Wildman–Crippen MR) is 79.3 cm³/mol. The molecule has 1 aromatic rings. The van der Waals surface area contributed by atoms with Crippen molar-refractivity contribution < 1.29 is 9.47 Å².